The number of amides is 1. The van der Waals surface area contributed by atoms with Crippen molar-refractivity contribution in [2.75, 3.05) is 39.4 Å². The lowest BCUT2D eigenvalue weighted by molar-refractivity contribution is -0.125. The highest BCUT2D eigenvalue weighted by Gasteiger charge is 2.39. The van der Waals surface area contributed by atoms with Crippen LogP contribution < -0.4 is 10.6 Å². The molecule has 2 aliphatic rings. The monoisotopic (exact) mass is 331 g/mol. The van der Waals surface area contributed by atoms with E-state index in [0.717, 1.165) is 52.1 Å². The Labute approximate surface area is 144 Å². The minimum atomic E-state index is 0.117. The molecule has 132 valence electrons. The molecule has 2 N–H and O–H groups in total. The van der Waals surface area contributed by atoms with E-state index in [1.165, 1.54) is 11.1 Å². The van der Waals surface area contributed by atoms with Gasteiger partial charge in [-0.2, -0.15) is 0 Å². The van der Waals surface area contributed by atoms with Gasteiger partial charge in [0.05, 0.1) is 6.54 Å². The molecule has 3 rings (SSSR count). The standard InChI is InChI=1S/C19H29N3O2/c1-16-4-2-3-5-17(16)14-21-18(23)15-22-11-10-20-9-6-19(22)7-12-24-13-8-19/h2-5,20H,6-15H2,1H3,(H,21,23). The van der Waals surface area contributed by atoms with Crippen LogP contribution in [0.2, 0.25) is 0 Å². The summed E-state index contributed by atoms with van der Waals surface area (Å²) in [4.78, 5) is 14.9. The average molecular weight is 331 g/mol. The number of aryl methyl sites for hydroxylation is 1. The zero-order chi connectivity index (χ0) is 16.8. The molecule has 2 saturated heterocycles. The molecule has 1 spiro atoms. The predicted octanol–water partition coefficient (Wildman–Crippen LogP) is 1.46. The SMILES string of the molecule is Cc1ccccc1CNC(=O)CN1CCNCCC12CCOCC2. The van der Waals surface area contributed by atoms with Crippen molar-refractivity contribution in [2.24, 2.45) is 0 Å². The lowest BCUT2D eigenvalue weighted by Gasteiger charge is -2.45. The van der Waals surface area contributed by atoms with E-state index in [4.69, 9.17) is 4.74 Å². The van der Waals surface area contributed by atoms with Gasteiger partial charge in [0.15, 0.2) is 0 Å². The number of ether oxygens (including phenoxy) is 1. The van der Waals surface area contributed by atoms with E-state index in [1.807, 2.05) is 12.1 Å². The molecule has 5 heteroatoms. The van der Waals surface area contributed by atoms with Gasteiger partial charge in [-0.15, -0.1) is 0 Å². The summed E-state index contributed by atoms with van der Waals surface area (Å²) >= 11 is 0. The molecular formula is C19H29N3O2. The zero-order valence-corrected chi connectivity index (χ0v) is 14.6. The highest BCUT2D eigenvalue weighted by Crippen LogP contribution is 2.31. The fraction of sp³-hybridized carbons (Fsp3) is 0.632. The van der Waals surface area contributed by atoms with Crippen LogP contribution in [0.25, 0.3) is 0 Å². The Morgan fingerprint density at radius 2 is 2.04 bits per heavy atom. The minimum Gasteiger partial charge on any atom is -0.381 e. The Bertz CT molecular complexity index is 555. The summed E-state index contributed by atoms with van der Waals surface area (Å²) in [5, 5.41) is 6.57. The normalized spacial score (nSPS) is 21.4. The van der Waals surface area contributed by atoms with Gasteiger partial charge in [0.2, 0.25) is 5.91 Å². The lowest BCUT2D eigenvalue weighted by atomic mass is 9.85. The predicted molar refractivity (Wildman–Crippen MR) is 94.9 cm³/mol. The van der Waals surface area contributed by atoms with Gasteiger partial charge < -0.3 is 15.4 Å². The molecule has 2 heterocycles. The first-order valence-electron chi connectivity index (χ1n) is 9.04. The Morgan fingerprint density at radius 1 is 1.25 bits per heavy atom. The zero-order valence-electron chi connectivity index (χ0n) is 14.6. The number of nitrogens with zero attached hydrogens (tertiary/aromatic N) is 1. The van der Waals surface area contributed by atoms with Gasteiger partial charge in [-0.25, -0.2) is 0 Å². The lowest BCUT2D eigenvalue weighted by Crippen LogP contribution is -2.55. The smallest absolute Gasteiger partial charge is 0.234 e. The topological polar surface area (TPSA) is 53.6 Å². The van der Waals surface area contributed by atoms with Crippen molar-refractivity contribution in [2.45, 2.75) is 38.3 Å². The van der Waals surface area contributed by atoms with Crippen LogP contribution in [-0.2, 0) is 16.1 Å². The second-order valence-electron chi connectivity index (χ2n) is 6.96. The number of carbonyl (C=O) groups is 1. The summed E-state index contributed by atoms with van der Waals surface area (Å²) < 4.78 is 5.56. The first-order valence-corrected chi connectivity index (χ1v) is 9.04. The Morgan fingerprint density at radius 3 is 2.83 bits per heavy atom. The van der Waals surface area contributed by atoms with Crippen molar-refractivity contribution in [1.82, 2.24) is 15.5 Å². The van der Waals surface area contributed by atoms with Gasteiger partial charge in [-0.3, -0.25) is 9.69 Å². The van der Waals surface area contributed by atoms with Gasteiger partial charge in [0.25, 0.3) is 0 Å². The van der Waals surface area contributed by atoms with Crippen LogP contribution in [0, 0.1) is 6.92 Å². The highest BCUT2D eigenvalue weighted by molar-refractivity contribution is 5.78. The van der Waals surface area contributed by atoms with Crippen molar-refractivity contribution in [3.63, 3.8) is 0 Å². The summed E-state index contributed by atoms with van der Waals surface area (Å²) in [5.41, 5.74) is 2.53. The van der Waals surface area contributed by atoms with Gasteiger partial charge in [0, 0.05) is 38.4 Å². The third kappa shape index (κ3) is 4.15. The van der Waals surface area contributed by atoms with Crippen molar-refractivity contribution in [3.05, 3.63) is 35.4 Å². The van der Waals surface area contributed by atoms with Crippen LogP contribution in [0.4, 0.5) is 0 Å². The van der Waals surface area contributed by atoms with Gasteiger partial charge in [-0.05, 0) is 43.9 Å². The molecule has 0 saturated carbocycles. The molecule has 0 radical (unpaired) electrons. The summed E-state index contributed by atoms with van der Waals surface area (Å²) in [6, 6.07) is 8.20. The maximum Gasteiger partial charge on any atom is 0.234 e. The van der Waals surface area contributed by atoms with Gasteiger partial charge in [0.1, 0.15) is 0 Å². The molecule has 2 aliphatic heterocycles. The first kappa shape index (κ1) is 17.4. The molecule has 1 amide bonds. The van der Waals surface area contributed by atoms with Crippen molar-refractivity contribution in [1.29, 1.82) is 0 Å². The van der Waals surface area contributed by atoms with Gasteiger partial charge >= 0.3 is 0 Å². The van der Waals surface area contributed by atoms with Crippen LogP contribution in [0.1, 0.15) is 30.4 Å². The Balaban J connectivity index is 1.59. The summed E-state index contributed by atoms with van der Waals surface area (Å²) in [6.45, 7) is 7.69. The molecular weight excluding hydrogens is 302 g/mol. The fourth-order valence-corrected chi connectivity index (χ4v) is 3.85. The quantitative estimate of drug-likeness (QED) is 0.877. The number of carbonyl (C=O) groups excluding carboxylic acids is 1. The number of benzene rings is 1. The molecule has 0 bridgehead atoms. The van der Waals surface area contributed by atoms with Crippen molar-refractivity contribution in [3.8, 4) is 0 Å². The minimum absolute atomic E-state index is 0.117. The molecule has 2 fully saturated rings. The molecule has 0 aliphatic carbocycles. The molecule has 0 atom stereocenters. The van der Waals surface area contributed by atoms with E-state index in [2.05, 4.69) is 34.6 Å². The van der Waals surface area contributed by atoms with Crippen LogP contribution >= 0.6 is 0 Å². The van der Waals surface area contributed by atoms with E-state index < -0.39 is 0 Å². The Kier molecular flexibility index (Phi) is 5.87. The van der Waals surface area contributed by atoms with E-state index >= 15 is 0 Å². The average Bonchev–Trinajstić information content (AvgIpc) is 2.78. The summed E-state index contributed by atoms with van der Waals surface area (Å²) in [5.74, 6) is 0.117. The van der Waals surface area contributed by atoms with E-state index in [-0.39, 0.29) is 11.4 Å². The molecule has 1 aromatic rings. The first-order chi connectivity index (χ1) is 11.7. The highest BCUT2D eigenvalue weighted by atomic mass is 16.5. The second kappa shape index (κ2) is 8.10. The van der Waals surface area contributed by atoms with Crippen LogP contribution in [0.15, 0.2) is 24.3 Å². The van der Waals surface area contributed by atoms with Crippen molar-refractivity contribution >= 4 is 5.91 Å². The number of rotatable bonds is 4. The number of hydrogen-bond acceptors (Lipinski definition) is 4. The third-order valence-corrected chi connectivity index (χ3v) is 5.49. The summed E-state index contributed by atoms with van der Waals surface area (Å²) in [7, 11) is 0. The van der Waals surface area contributed by atoms with Gasteiger partial charge in [-0.1, -0.05) is 24.3 Å². The number of hydrogen-bond donors (Lipinski definition) is 2. The molecule has 1 aromatic carbocycles. The van der Waals surface area contributed by atoms with Crippen molar-refractivity contribution < 1.29 is 9.53 Å². The van der Waals surface area contributed by atoms with E-state index in [9.17, 15) is 4.79 Å². The maximum atomic E-state index is 12.5. The van der Waals surface area contributed by atoms with E-state index in [0.29, 0.717) is 13.1 Å². The van der Waals surface area contributed by atoms with Crippen LogP contribution in [0.3, 0.4) is 0 Å². The molecule has 0 unspecified atom stereocenters. The van der Waals surface area contributed by atoms with Crippen LogP contribution in [-0.4, -0.2) is 55.7 Å². The number of nitrogens with one attached hydrogen (secondary N) is 2. The fourth-order valence-electron chi connectivity index (χ4n) is 3.85. The summed E-state index contributed by atoms with van der Waals surface area (Å²) in [6.07, 6.45) is 3.15. The Hall–Kier alpha value is -1.43. The molecule has 24 heavy (non-hydrogen) atoms. The maximum absolute atomic E-state index is 12.5. The molecule has 5 nitrogen and oxygen atoms in total. The third-order valence-electron chi connectivity index (χ3n) is 5.49. The molecule has 0 aromatic heterocycles. The van der Waals surface area contributed by atoms with E-state index in [1.54, 1.807) is 0 Å². The second-order valence-corrected chi connectivity index (χ2v) is 6.96. The van der Waals surface area contributed by atoms with Crippen LogP contribution in [0.5, 0.6) is 0 Å². The largest absolute Gasteiger partial charge is 0.381 e.